The minimum atomic E-state index is -0.889. The van der Waals surface area contributed by atoms with Gasteiger partial charge < -0.3 is 24.1 Å². The van der Waals surface area contributed by atoms with Crippen molar-refractivity contribution in [2.45, 2.75) is 19.4 Å². The number of hydrogen-bond acceptors (Lipinski definition) is 7. The first-order chi connectivity index (χ1) is 13.4. The number of hydrogen-bond donors (Lipinski definition) is 1. The number of nitro benzene ring substituents is 1. The molecule has 0 amide bonds. The molecule has 2 aromatic carbocycles. The normalized spacial score (nSPS) is 10.2. The van der Waals surface area contributed by atoms with Gasteiger partial charge in [-0.2, -0.15) is 0 Å². The van der Waals surface area contributed by atoms with E-state index < -0.39 is 10.9 Å². The largest absolute Gasteiger partial charge is 0.493 e. The van der Waals surface area contributed by atoms with Crippen LogP contribution in [0.15, 0.2) is 30.3 Å². The summed E-state index contributed by atoms with van der Waals surface area (Å²) in [6, 6.07) is 7.82. The van der Waals surface area contributed by atoms with Crippen LogP contribution < -0.4 is 18.9 Å². The van der Waals surface area contributed by atoms with Gasteiger partial charge in [-0.25, -0.2) is 0 Å². The van der Waals surface area contributed by atoms with Gasteiger partial charge >= 0.3 is 5.97 Å². The standard InChI is InChI=1S/C19H21NO8/c1-25-16-8-12(5-7-19(21)22)4-6-15(16)28-11-13-9-17(26-2)18(27-3)10-14(13)20(23)24/h4,6,8-10H,5,7,11H2,1-3H3,(H,21,22). The van der Waals surface area contributed by atoms with Crippen molar-refractivity contribution >= 4 is 11.7 Å². The third-order valence-electron chi connectivity index (χ3n) is 4.02. The van der Waals surface area contributed by atoms with Crippen LogP contribution in [0.3, 0.4) is 0 Å². The number of carboxylic acid groups (broad SMARTS) is 1. The maximum atomic E-state index is 11.4. The van der Waals surface area contributed by atoms with Gasteiger partial charge in [0.15, 0.2) is 23.0 Å². The number of carbonyl (C=O) groups is 1. The number of benzene rings is 2. The monoisotopic (exact) mass is 391 g/mol. The molecule has 0 spiro atoms. The van der Waals surface area contributed by atoms with E-state index in [2.05, 4.69) is 0 Å². The fourth-order valence-corrected chi connectivity index (χ4v) is 2.59. The molecule has 9 nitrogen and oxygen atoms in total. The van der Waals surface area contributed by atoms with E-state index in [9.17, 15) is 14.9 Å². The van der Waals surface area contributed by atoms with E-state index in [-0.39, 0.29) is 24.5 Å². The van der Waals surface area contributed by atoms with Gasteiger partial charge in [0.25, 0.3) is 5.69 Å². The topological polar surface area (TPSA) is 117 Å². The van der Waals surface area contributed by atoms with Crippen molar-refractivity contribution in [3.05, 3.63) is 51.6 Å². The number of nitrogens with zero attached hydrogens (tertiary/aromatic N) is 1. The molecule has 28 heavy (non-hydrogen) atoms. The number of ether oxygens (including phenoxy) is 4. The molecule has 0 atom stereocenters. The fourth-order valence-electron chi connectivity index (χ4n) is 2.59. The summed E-state index contributed by atoms with van der Waals surface area (Å²) in [4.78, 5) is 21.6. The third kappa shape index (κ3) is 5.03. The molecule has 150 valence electrons. The Bertz CT molecular complexity index is 865. The van der Waals surface area contributed by atoms with Crippen LogP contribution in [0.4, 0.5) is 5.69 Å². The van der Waals surface area contributed by atoms with E-state index >= 15 is 0 Å². The molecule has 0 aromatic heterocycles. The molecule has 9 heteroatoms. The number of nitro groups is 1. The maximum Gasteiger partial charge on any atom is 0.303 e. The molecular weight excluding hydrogens is 370 g/mol. The summed E-state index contributed by atoms with van der Waals surface area (Å²) in [7, 11) is 4.30. The lowest BCUT2D eigenvalue weighted by Gasteiger charge is -2.14. The highest BCUT2D eigenvalue weighted by Gasteiger charge is 2.20. The third-order valence-corrected chi connectivity index (χ3v) is 4.02. The predicted molar refractivity (Wildman–Crippen MR) is 99.5 cm³/mol. The van der Waals surface area contributed by atoms with Crippen molar-refractivity contribution < 1.29 is 33.8 Å². The second kappa shape index (κ2) is 9.45. The quantitative estimate of drug-likeness (QED) is 0.485. The van der Waals surface area contributed by atoms with E-state index in [0.717, 1.165) is 5.56 Å². The highest BCUT2D eigenvalue weighted by Crippen LogP contribution is 2.36. The van der Waals surface area contributed by atoms with Crippen molar-refractivity contribution in [2.75, 3.05) is 21.3 Å². The summed E-state index contributed by atoms with van der Waals surface area (Å²) in [5, 5.41) is 20.2. The Kier molecular flexibility index (Phi) is 7.02. The van der Waals surface area contributed by atoms with Gasteiger partial charge in [0.05, 0.1) is 37.9 Å². The number of rotatable bonds is 10. The maximum absolute atomic E-state index is 11.4. The lowest BCUT2D eigenvalue weighted by molar-refractivity contribution is -0.385. The first kappa shape index (κ1) is 20.8. The molecule has 0 aliphatic carbocycles. The Morgan fingerprint density at radius 1 is 1.00 bits per heavy atom. The van der Waals surface area contributed by atoms with Crippen LogP contribution in [0.25, 0.3) is 0 Å². The van der Waals surface area contributed by atoms with Crippen molar-refractivity contribution in [1.29, 1.82) is 0 Å². The highest BCUT2D eigenvalue weighted by atomic mass is 16.6. The Labute approximate surface area is 161 Å². The summed E-state index contributed by atoms with van der Waals surface area (Å²) in [6.07, 6.45) is 0.355. The average molecular weight is 391 g/mol. The first-order valence-corrected chi connectivity index (χ1v) is 8.30. The molecule has 0 aliphatic rings. The van der Waals surface area contributed by atoms with Crippen LogP contribution in [-0.2, 0) is 17.8 Å². The summed E-state index contributed by atoms with van der Waals surface area (Å²) < 4.78 is 21.3. The van der Waals surface area contributed by atoms with Crippen LogP contribution in [0.1, 0.15) is 17.5 Å². The van der Waals surface area contributed by atoms with E-state index in [1.54, 1.807) is 18.2 Å². The molecule has 0 saturated heterocycles. The second-order valence-electron chi connectivity index (χ2n) is 5.76. The van der Waals surface area contributed by atoms with Crippen LogP contribution in [-0.4, -0.2) is 37.3 Å². The van der Waals surface area contributed by atoms with Gasteiger partial charge in [-0.15, -0.1) is 0 Å². The van der Waals surface area contributed by atoms with E-state index in [1.165, 1.54) is 33.5 Å². The molecule has 2 aromatic rings. The Balaban J connectivity index is 2.25. The van der Waals surface area contributed by atoms with Crippen LogP contribution in [0.5, 0.6) is 23.0 Å². The molecule has 0 aliphatic heterocycles. The predicted octanol–water partition coefficient (Wildman–Crippen LogP) is 3.22. The first-order valence-electron chi connectivity index (χ1n) is 8.30. The number of carboxylic acids is 1. The van der Waals surface area contributed by atoms with E-state index in [0.29, 0.717) is 29.2 Å². The highest BCUT2D eigenvalue weighted by molar-refractivity contribution is 5.67. The van der Waals surface area contributed by atoms with Gasteiger partial charge in [0.1, 0.15) is 6.61 Å². The summed E-state index contributed by atoms with van der Waals surface area (Å²) in [5.41, 5.74) is 0.929. The average Bonchev–Trinajstić information content (AvgIpc) is 2.69. The van der Waals surface area contributed by atoms with Gasteiger partial charge in [0, 0.05) is 6.42 Å². The van der Waals surface area contributed by atoms with Crippen molar-refractivity contribution in [2.24, 2.45) is 0 Å². The molecule has 0 saturated carbocycles. The lowest BCUT2D eigenvalue weighted by atomic mass is 10.1. The van der Waals surface area contributed by atoms with Crippen LogP contribution in [0, 0.1) is 10.1 Å². The fraction of sp³-hybridized carbons (Fsp3) is 0.316. The summed E-state index contributed by atoms with van der Waals surface area (Å²) in [6.45, 7) is -0.0957. The molecule has 0 fully saturated rings. The van der Waals surface area contributed by atoms with E-state index in [1.807, 2.05) is 0 Å². The zero-order valence-corrected chi connectivity index (χ0v) is 15.8. The van der Waals surface area contributed by atoms with Gasteiger partial charge in [-0.3, -0.25) is 14.9 Å². The number of aliphatic carboxylic acids is 1. The smallest absolute Gasteiger partial charge is 0.303 e. The molecule has 0 bridgehead atoms. The molecule has 2 rings (SSSR count). The van der Waals surface area contributed by atoms with Crippen molar-refractivity contribution in [3.63, 3.8) is 0 Å². The Morgan fingerprint density at radius 2 is 1.61 bits per heavy atom. The molecule has 1 N–H and O–H groups in total. The SMILES string of the molecule is COc1cc(COc2ccc(CCC(=O)O)cc2OC)c([N+](=O)[O-])cc1OC. The number of aryl methyl sites for hydroxylation is 1. The van der Waals surface area contributed by atoms with Crippen molar-refractivity contribution in [3.8, 4) is 23.0 Å². The molecule has 0 radical (unpaired) electrons. The number of methoxy groups -OCH3 is 3. The van der Waals surface area contributed by atoms with Gasteiger partial charge in [0.2, 0.25) is 0 Å². The molecule has 0 heterocycles. The van der Waals surface area contributed by atoms with Crippen molar-refractivity contribution in [1.82, 2.24) is 0 Å². The van der Waals surface area contributed by atoms with E-state index in [4.69, 9.17) is 24.1 Å². The van der Waals surface area contributed by atoms with Crippen LogP contribution >= 0.6 is 0 Å². The van der Waals surface area contributed by atoms with Gasteiger partial charge in [-0.05, 0) is 30.2 Å². The molecular formula is C19H21NO8. The minimum absolute atomic E-state index is 0.00119. The van der Waals surface area contributed by atoms with Crippen LogP contribution in [0.2, 0.25) is 0 Å². The second-order valence-corrected chi connectivity index (χ2v) is 5.76. The Hall–Kier alpha value is -3.49. The zero-order valence-electron chi connectivity index (χ0n) is 15.8. The van der Waals surface area contributed by atoms with Gasteiger partial charge in [-0.1, -0.05) is 6.07 Å². The lowest BCUT2D eigenvalue weighted by Crippen LogP contribution is -2.04. The minimum Gasteiger partial charge on any atom is -0.493 e. The molecule has 0 unspecified atom stereocenters. The summed E-state index contributed by atoms with van der Waals surface area (Å²) >= 11 is 0. The summed E-state index contributed by atoms with van der Waals surface area (Å²) in [5.74, 6) is 0.498. The zero-order chi connectivity index (χ0) is 20.7. The Morgan fingerprint density at radius 3 is 2.18 bits per heavy atom.